The van der Waals surface area contributed by atoms with E-state index in [1.54, 1.807) is 0 Å². The van der Waals surface area contributed by atoms with Crippen LogP contribution in [0.2, 0.25) is 0 Å². The molecule has 2 unspecified atom stereocenters. The van der Waals surface area contributed by atoms with Crippen LogP contribution in [0.3, 0.4) is 0 Å². The first-order valence-corrected chi connectivity index (χ1v) is 8.26. The number of hydrogen-bond donors (Lipinski definition) is 1. The van der Waals surface area contributed by atoms with Gasteiger partial charge in [-0.1, -0.05) is 43.3 Å². The van der Waals surface area contributed by atoms with Crippen molar-refractivity contribution in [2.75, 3.05) is 0 Å². The molecule has 0 radical (unpaired) electrons. The molecule has 0 saturated carbocycles. The molecule has 0 aromatic heterocycles. The maximum absolute atomic E-state index is 12.5. The topological polar surface area (TPSA) is 46.5 Å². The third kappa shape index (κ3) is 2.41. The van der Waals surface area contributed by atoms with Crippen LogP contribution < -0.4 is 0 Å². The van der Waals surface area contributed by atoms with E-state index in [0.29, 0.717) is 24.8 Å². The van der Waals surface area contributed by atoms with Crippen LogP contribution in [0.25, 0.3) is 16.3 Å². The highest BCUT2D eigenvalue weighted by Gasteiger charge is 2.44. The average Bonchev–Trinajstić information content (AvgIpc) is 2.88. The number of rotatable bonds is 3. The largest absolute Gasteiger partial charge is 0.390 e. The molecule has 2 aliphatic rings. The van der Waals surface area contributed by atoms with Gasteiger partial charge in [-0.05, 0) is 34.4 Å². The van der Waals surface area contributed by atoms with Crippen molar-refractivity contribution < 1.29 is 14.6 Å². The number of fused-ring (bicyclic) bond motifs is 3. The molecule has 0 spiro atoms. The lowest BCUT2D eigenvalue weighted by molar-refractivity contribution is -0.117. The lowest BCUT2D eigenvalue weighted by Crippen LogP contribution is -2.30. The summed E-state index contributed by atoms with van der Waals surface area (Å²) in [4.78, 5) is 12.5. The molecule has 23 heavy (non-hydrogen) atoms. The van der Waals surface area contributed by atoms with E-state index < -0.39 is 12.2 Å². The van der Waals surface area contributed by atoms with E-state index in [4.69, 9.17) is 4.74 Å². The number of carbonyl (C=O) groups is 1. The van der Waals surface area contributed by atoms with Crippen molar-refractivity contribution >= 4 is 22.1 Å². The summed E-state index contributed by atoms with van der Waals surface area (Å²) < 4.78 is 5.86. The Balaban J connectivity index is 1.88. The van der Waals surface area contributed by atoms with Crippen LogP contribution in [0, 0.1) is 0 Å². The normalized spacial score (nSPS) is 26.8. The summed E-state index contributed by atoms with van der Waals surface area (Å²) in [6, 6.07) is 14.5. The van der Waals surface area contributed by atoms with Crippen molar-refractivity contribution in [2.45, 2.75) is 44.5 Å². The average molecular weight is 308 g/mol. The molecule has 1 saturated heterocycles. The zero-order valence-corrected chi connectivity index (χ0v) is 13.2. The second kappa shape index (κ2) is 5.59. The Kier molecular flexibility index (Phi) is 3.55. The molecule has 3 heteroatoms. The lowest BCUT2D eigenvalue weighted by Gasteiger charge is -2.27. The molecular formula is C20H20O3. The summed E-state index contributed by atoms with van der Waals surface area (Å²) in [6.07, 6.45) is 0.745. The Hall–Kier alpha value is -1.97. The fraction of sp³-hybridized carbons (Fsp3) is 0.350. The standard InChI is InChI=1S/C20H20O3/c1-2-17(21)19-16(10-15-11-18(22)20(19)23-15)14-8-7-12-5-3-4-6-13(12)9-14/h3-9,15,18,20,22H,2,10-11H2,1H3/t15?,18?,20-/m0/s1. The van der Waals surface area contributed by atoms with Gasteiger partial charge in [0, 0.05) is 18.4 Å². The summed E-state index contributed by atoms with van der Waals surface area (Å²) in [5, 5.41) is 12.6. The Bertz CT molecular complexity index is 805. The van der Waals surface area contributed by atoms with E-state index in [0.717, 1.165) is 11.1 Å². The number of ether oxygens (including phenoxy) is 1. The SMILES string of the molecule is CCC(=O)C1=C(c2ccc3ccccc3c2)CC2CC(O)[C@@H]1O2. The molecule has 1 N–H and O–H groups in total. The predicted molar refractivity (Wildman–Crippen MR) is 90.1 cm³/mol. The smallest absolute Gasteiger partial charge is 0.161 e. The van der Waals surface area contributed by atoms with Crippen molar-refractivity contribution in [2.24, 2.45) is 0 Å². The van der Waals surface area contributed by atoms with Gasteiger partial charge >= 0.3 is 0 Å². The molecule has 3 nitrogen and oxygen atoms in total. The molecular weight excluding hydrogens is 288 g/mol. The highest BCUT2D eigenvalue weighted by Crippen LogP contribution is 2.42. The molecule has 2 aliphatic heterocycles. The maximum Gasteiger partial charge on any atom is 0.161 e. The lowest BCUT2D eigenvalue weighted by atomic mass is 9.88. The van der Waals surface area contributed by atoms with Crippen molar-refractivity contribution in [3.8, 4) is 0 Å². The van der Waals surface area contributed by atoms with Gasteiger partial charge in [0.25, 0.3) is 0 Å². The fourth-order valence-corrected chi connectivity index (χ4v) is 3.82. The summed E-state index contributed by atoms with van der Waals surface area (Å²) in [5.41, 5.74) is 2.82. The van der Waals surface area contributed by atoms with Crippen LogP contribution >= 0.6 is 0 Å². The number of carbonyl (C=O) groups excluding carboxylic acids is 1. The van der Waals surface area contributed by atoms with Crippen LogP contribution in [-0.4, -0.2) is 29.2 Å². The van der Waals surface area contributed by atoms with Gasteiger partial charge in [-0.15, -0.1) is 0 Å². The third-order valence-corrected chi connectivity index (χ3v) is 4.95. The quantitative estimate of drug-likeness (QED) is 0.944. The van der Waals surface area contributed by atoms with Gasteiger partial charge in [-0.3, -0.25) is 4.79 Å². The minimum Gasteiger partial charge on any atom is -0.390 e. The van der Waals surface area contributed by atoms with Gasteiger partial charge < -0.3 is 9.84 Å². The van der Waals surface area contributed by atoms with Gasteiger partial charge in [0.2, 0.25) is 0 Å². The van der Waals surface area contributed by atoms with Crippen molar-refractivity contribution in [3.63, 3.8) is 0 Å². The monoisotopic (exact) mass is 308 g/mol. The first kappa shape index (κ1) is 14.6. The van der Waals surface area contributed by atoms with E-state index in [1.807, 2.05) is 19.1 Å². The van der Waals surface area contributed by atoms with E-state index in [9.17, 15) is 9.90 Å². The van der Waals surface area contributed by atoms with Gasteiger partial charge in [0.05, 0.1) is 12.2 Å². The minimum atomic E-state index is -0.566. The summed E-state index contributed by atoms with van der Waals surface area (Å²) >= 11 is 0. The second-order valence-corrected chi connectivity index (χ2v) is 6.42. The molecule has 1 fully saturated rings. The zero-order chi connectivity index (χ0) is 16.0. The minimum absolute atomic E-state index is 0.0184. The summed E-state index contributed by atoms with van der Waals surface area (Å²) in [5.74, 6) is 0.0811. The molecule has 2 heterocycles. The number of aliphatic hydroxyl groups excluding tert-OH is 1. The zero-order valence-electron chi connectivity index (χ0n) is 13.2. The van der Waals surface area contributed by atoms with Crippen LogP contribution in [0.15, 0.2) is 48.0 Å². The van der Waals surface area contributed by atoms with Gasteiger partial charge in [0.15, 0.2) is 5.78 Å². The van der Waals surface area contributed by atoms with Crippen molar-refractivity contribution in [1.82, 2.24) is 0 Å². The predicted octanol–water partition coefficient (Wildman–Crippen LogP) is 3.49. The molecule has 2 bridgehead atoms. The molecule has 3 atom stereocenters. The third-order valence-electron chi connectivity index (χ3n) is 4.95. The van der Waals surface area contributed by atoms with E-state index in [2.05, 4.69) is 30.3 Å². The van der Waals surface area contributed by atoms with Crippen LogP contribution in [0.4, 0.5) is 0 Å². The van der Waals surface area contributed by atoms with Crippen LogP contribution in [-0.2, 0) is 9.53 Å². The van der Waals surface area contributed by atoms with Gasteiger partial charge in [-0.25, -0.2) is 0 Å². The molecule has 0 aliphatic carbocycles. The molecule has 2 aromatic rings. The molecule has 118 valence electrons. The Morgan fingerprint density at radius 3 is 2.78 bits per heavy atom. The highest BCUT2D eigenvalue weighted by molar-refractivity contribution is 6.04. The first-order valence-electron chi connectivity index (χ1n) is 8.26. The van der Waals surface area contributed by atoms with Gasteiger partial charge in [-0.2, -0.15) is 0 Å². The van der Waals surface area contributed by atoms with Crippen molar-refractivity contribution in [1.29, 1.82) is 0 Å². The first-order chi connectivity index (χ1) is 11.2. The van der Waals surface area contributed by atoms with E-state index in [1.165, 1.54) is 10.8 Å². The number of Topliss-reactive ketones (excluding diaryl/α,β-unsaturated/α-hetero) is 1. The molecule has 2 aromatic carbocycles. The number of hydrogen-bond acceptors (Lipinski definition) is 3. The van der Waals surface area contributed by atoms with Crippen LogP contribution in [0.5, 0.6) is 0 Å². The maximum atomic E-state index is 12.5. The molecule has 4 rings (SSSR count). The number of ketones is 1. The Morgan fingerprint density at radius 1 is 1.22 bits per heavy atom. The number of aliphatic hydroxyl groups is 1. The molecule has 0 amide bonds. The van der Waals surface area contributed by atoms with Gasteiger partial charge in [0.1, 0.15) is 6.10 Å². The van der Waals surface area contributed by atoms with Crippen molar-refractivity contribution in [3.05, 3.63) is 53.6 Å². The van der Waals surface area contributed by atoms with Crippen LogP contribution in [0.1, 0.15) is 31.7 Å². The Morgan fingerprint density at radius 2 is 2.00 bits per heavy atom. The highest BCUT2D eigenvalue weighted by atomic mass is 16.5. The summed E-state index contributed by atoms with van der Waals surface area (Å²) in [7, 11) is 0. The fourth-order valence-electron chi connectivity index (χ4n) is 3.82. The Labute approximate surface area is 135 Å². The van der Waals surface area contributed by atoms with E-state index >= 15 is 0 Å². The number of benzene rings is 2. The van der Waals surface area contributed by atoms with E-state index in [-0.39, 0.29) is 11.9 Å². The second-order valence-electron chi connectivity index (χ2n) is 6.42. The summed E-state index contributed by atoms with van der Waals surface area (Å²) in [6.45, 7) is 1.86.